The van der Waals surface area contributed by atoms with Gasteiger partial charge in [0, 0.05) is 17.1 Å². The molecule has 2 rings (SSSR count). The van der Waals surface area contributed by atoms with Crippen LogP contribution in [0, 0.1) is 6.92 Å². The van der Waals surface area contributed by atoms with Crippen LogP contribution in [-0.2, 0) is 0 Å². The second-order valence-corrected chi connectivity index (χ2v) is 2.73. The second kappa shape index (κ2) is 2.55. The predicted molar refractivity (Wildman–Crippen MR) is 49.3 cm³/mol. The van der Waals surface area contributed by atoms with Gasteiger partial charge in [0.05, 0.1) is 7.11 Å². The zero-order valence-corrected chi connectivity index (χ0v) is 6.92. The van der Waals surface area contributed by atoms with Gasteiger partial charge in [-0.25, -0.2) is 0 Å². The Bertz CT molecular complexity index is 403. The number of hydrogen-bond acceptors (Lipinski definition) is 1. The van der Waals surface area contributed by atoms with E-state index in [1.54, 1.807) is 7.11 Å². The molecule has 0 amide bonds. The molecule has 1 radical (unpaired) electrons. The molecule has 2 aromatic rings. The number of fused-ring (bicyclic) bond motifs is 1. The molecule has 61 valence electrons. The smallest absolute Gasteiger partial charge is 0.119 e. The first-order valence-electron chi connectivity index (χ1n) is 3.78. The van der Waals surface area contributed by atoms with Crippen LogP contribution in [0.1, 0.15) is 5.56 Å². The molecule has 0 aliphatic rings. The summed E-state index contributed by atoms with van der Waals surface area (Å²) in [6.45, 7) is 3.90. The van der Waals surface area contributed by atoms with E-state index in [4.69, 9.17) is 4.74 Å². The molecule has 0 saturated carbocycles. The monoisotopic (exact) mass is 160 g/mol. The van der Waals surface area contributed by atoms with Crippen molar-refractivity contribution < 1.29 is 4.74 Å². The average Bonchev–Trinajstić information content (AvgIpc) is 2.47. The van der Waals surface area contributed by atoms with E-state index in [9.17, 15) is 0 Å². The summed E-state index contributed by atoms with van der Waals surface area (Å²) in [4.78, 5) is 3.12. The largest absolute Gasteiger partial charge is 0.497 e. The quantitative estimate of drug-likeness (QED) is 0.680. The molecule has 0 aliphatic heterocycles. The fourth-order valence-corrected chi connectivity index (χ4v) is 1.28. The number of aromatic amines is 1. The van der Waals surface area contributed by atoms with E-state index in [1.807, 2.05) is 24.4 Å². The number of benzene rings is 1. The molecule has 1 heterocycles. The van der Waals surface area contributed by atoms with E-state index >= 15 is 0 Å². The molecular weight excluding hydrogens is 150 g/mol. The molecule has 2 nitrogen and oxygen atoms in total. The Balaban J connectivity index is 2.71. The predicted octanol–water partition coefficient (Wildman–Crippen LogP) is 2.36. The molecule has 0 saturated heterocycles. The number of hydrogen-bond donors (Lipinski definition) is 1. The normalized spacial score (nSPS) is 10.5. The Kier molecular flexibility index (Phi) is 1.54. The highest BCUT2D eigenvalue weighted by molar-refractivity contribution is 5.85. The highest BCUT2D eigenvalue weighted by atomic mass is 16.5. The average molecular weight is 160 g/mol. The van der Waals surface area contributed by atoms with Crippen LogP contribution in [0.2, 0.25) is 0 Å². The van der Waals surface area contributed by atoms with E-state index in [-0.39, 0.29) is 0 Å². The van der Waals surface area contributed by atoms with E-state index < -0.39 is 0 Å². The van der Waals surface area contributed by atoms with Gasteiger partial charge in [0.1, 0.15) is 5.75 Å². The first kappa shape index (κ1) is 7.22. The summed E-state index contributed by atoms with van der Waals surface area (Å²) in [6, 6.07) is 5.90. The minimum absolute atomic E-state index is 0.868. The number of methoxy groups -OCH3 is 1. The molecule has 1 aromatic carbocycles. The van der Waals surface area contributed by atoms with Crippen molar-refractivity contribution in [3.8, 4) is 5.75 Å². The molecule has 0 atom stereocenters. The molecule has 1 aromatic heterocycles. The van der Waals surface area contributed by atoms with Gasteiger partial charge in [0.2, 0.25) is 0 Å². The van der Waals surface area contributed by atoms with E-state index in [1.165, 1.54) is 0 Å². The zero-order valence-electron chi connectivity index (χ0n) is 6.92. The lowest BCUT2D eigenvalue weighted by atomic mass is 10.2. The summed E-state index contributed by atoms with van der Waals surface area (Å²) in [7, 11) is 1.66. The van der Waals surface area contributed by atoms with Crippen molar-refractivity contribution >= 4 is 10.9 Å². The van der Waals surface area contributed by atoms with Crippen molar-refractivity contribution in [2.24, 2.45) is 0 Å². The molecule has 0 spiro atoms. The van der Waals surface area contributed by atoms with Gasteiger partial charge in [0.15, 0.2) is 0 Å². The van der Waals surface area contributed by atoms with Crippen molar-refractivity contribution in [1.29, 1.82) is 0 Å². The Morgan fingerprint density at radius 1 is 1.42 bits per heavy atom. The van der Waals surface area contributed by atoms with E-state index in [2.05, 4.69) is 11.9 Å². The van der Waals surface area contributed by atoms with Gasteiger partial charge < -0.3 is 9.72 Å². The van der Waals surface area contributed by atoms with Crippen LogP contribution in [0.4, 0.5) is 0 Å². The van der Waals surface area contributed by atoms with Gasteiger partial charge in [-0.2, -0.15) is 0 Å². The topological polar surface area (TPSA) is 25.0 Å². The molecule has 0 aliphatic carbocycles. The Morgan fingerprint density at radius 2 is 2.25 bits per heavy atom. The first-order valence-corrected chi connectivity index (χ1v) is 3.78. The third kappa shape index (κ3) is 0.961. The van der Waals surface area contributed by atoms with Gasteiger partial charge in [-0.1, -0.05) is 0 Å². The second-order valence-electron chi connectivity index (χ2n) is 2.73. The summed E-state index contributed by atoms with van der Waals surface area (Å²) >= 11 is 0. The van der Waals surface area contributed by atoms with Gasteiger partial charge in [-0.15, -0.1) is 0 Å². The molecule has 1 N–H and O–H groups in total. The maximum atomic E-state index is 5.11. The summed E-state index contributed by atoms with van der Waals surface area (Å²) in [5.74, 6) is 0.868. The maximum Gasteiger partial charge on any atom is 0.119 e. The van der Waals surface area contributed by atoms with Crippen LogP contribution in [0.15, 0.2) is 24.4 Å². The SMILES string of the molecule is [CH2]c1c[nH]c2ccc(OC)cc12. The van der Waals surface area contributed by atoms with Crippen molar-refractivity contribution in [1.82, 2.24) is 4.98 Å². The van der Waals surface area contributed by atoms with Crippen molar-refractivity contribution in [3.63, 3.8) is 0 Å². The van der Waals surface area contributed by atoms with Crippen molar-refractivity contribution in [2.75, 3.05) is 7.11 Å². The Labute approximate surface area is 71.2 Å². The van der Waals surface area contributed by atoms with Crippen molar-refractivity contribution in [3.05, 3.63) is 36.9 Å². The Morgan fingerprint density at radius 3 is 3.00 bits per heavy atom. The standard InChI is InChI=1S/C10H10NO/c1-7-6-11-10-4-3-8(12-2)5-9(7)10/h3-6,11H,1H2,2H3. The molecule has 0 unspecified atom stereocenters. The number of rotatable bonds is 1. The molecular formula is C10H10NO. The summed E-state index contributed by atoms with van der Waals surface area (Å²) in [5, 5.41) is 1.12. The highest BCUT2D eigenvalue weighted by Crippen LogP contribution is 2.22. The lowest BCUT2D eigenvalue weighted by Gasteiger charge is -1.98. The fourth-order valence-electron chi connectivity index (χ4n) is 1.28. The number of ether oxygens (including phenoxy) is 1. The number of aromatic nitrogens is 1. The molecule has 0 fully saturated rings. The summed E-state index contributed by atoms with van der Waals surface area (Å²) in [5.41, 5.74) is 2.10. The van der Waals surface area contributed by atoms with Crippen LogP contribution in [0.5, 0.6) is 5.75 Å². The minimum Gasteiger partial charge on any atom is -0.497 e. The van der Waals surface area contributed by atoms with E-state index in [0.717, 1.165) is 22.2 Å². The van der Waals surface area contributed by atoms with Gasteiger partial charge in [-0.05, 0) is 30.7 Å². The summed E-state index contributed by atoms with van der Waals surface area (Å²) in [6.07, 6.45) is 1.89. The zero-order chi connectivity index (χ0) is 8.55. The first-order chi connectivity index (χ1) is 5.81. The lowest BCUT2D eigenvalue weighted by Crippen LogP contribution is -1.81. The minimum atomic E-state index is 0.868. The van der Waals surface area contributed by atoms with E-state index in [0.29, 0.717) is 0 Å². The molecule has 12 heavy (non-hydrogen) atoms. The van der Waals surface area contributed by atoms with Gasteiger partial charge in [0.25, 0.3) is 0 Å². The van der Waals surface area contributed by atoms with Crippen LogP contribution in [-0.4, -0.2) is 12.1 Å². The van der Waals surface area contributed by atoms with Crippen LogP contribution >= 0.6 is 0 Å². The van der Waals surface area contributed by atoms with Gasteiger partial charge >= 0.3 is 0 Å². The third-order valence-corrected chi connectivity index (χ3v) is 1.97. The maximum absolute atomic E-state index is 5.11. The number of nitrogens with one attached hydrogen (secondary N) is 1. The highest BCUT2D eigenvalue weighted by Gasteiger charge is 1.99. The van der Waals surface area contributed by atoms with Crippen LogP contribution < -0.4 is 4.74 Å². The number of H-pyrrole nitrogens is 1. The van der Waals surface area contributed by atoms with Crippen LogP contribution in [0.3, 0.4) is 0 Å². The summed E-state index contributed by atoms with van der Waals surface area (Å²) < 4.78 is 5.11. The molecule has 2 heteroatoms. The van der Waals surface area contributed by atoms with Gasteiger partial charge in [-0.3, -0.25) is 0 Å². The Hall–Kier alpha value is -1.44. The molecule has 0 bridgehead atoms. The lowest BCUT2D eigenvalue weighted by molar-refractivity contribution is 0.415. The van der Waals surface area contributed by atoms with Crippen LogP contribution in [0.25, 0.3) is 10.9 Å². The fraction of sp³-hybridized carbons (Fsp3) is 0.100. The third-order valence-electron chi connectivity index (χ3n) is 1.97. The van der Waals surface area contributed by atoms with Crippen molar-refractivity contribution in [2.45, 2.75) is 0 Å².